The number of rotatable bonds is 2. The van der Waals surface area contributed by atoms with Crippen LogP contribution in [0.15, 0.2) is 11.3 Å². The van der Waals surface area contributed by atoms with E-state index in [1.165, 1.54) is 13.8 Å². The van der Waals surface area contributed by atoms with Gasteiger partial charge in [0.15, 0.2) is 5.57 Å². The lowest BCUT2D eigenvalue weighted by molar-refractivity contribution is -0.222. The Morgan fingerprint density at radius 1 is 1.29 bits per heavy atom. The van der Waals surface area contributed by atoms with Gasteiger partial charge in [0.25, 0.3) is 5.79 Å². The smallest absolute Gasteiger partial charge is 0.350 e. The van der Waals surface area contributed by atoms with Crippen molar-refractivity contribution in [2.24, 2.45) is 0 Å². The molecular weight excluding hydrogens is 276 g/mol. The third kappa shape index (κ3) is 3.34. The zero-order valence-corrected chi connectivity index (χ0v) is 12.6. The van der Waals surface area contributed by atoms with E-state index in [4.69, 9.17) is 9.47 Å². The Balaban J connectivity index is 2.14. The van der Waals surface area contributed by atoms with E-state index in [1.807, 2.05) is 13.8 Å². The highest BCUT2D eigenvalue weighted by Gasteiger charge is 2.42. The average molecular weight is 296 g/mol. The van der Waals surface area contributed by atoms with Crippen molar-refractivity contribution in [1.82, 2.24) is 10.6 Å². The van der Waals surface area contributed by atoms with E-state index in [1.54, 1.807) is 0 Å². The Hall–Kier alpha value is -2.05. The van der Waals surface area contributed by atoms with Crippen LogP contribution in [-0.4, -0.2) is 35.7 Å². The van der Waals surface area contributed by atoms with Gasteiger partial charge in [0.05, 0.1) is 0 Å². The summed E-state index contributed by atoms with van der Waals surface area (Å²) in [4.78, 5) is 35.8. The molecule has 0 aliphatic carbocycles. The van der Waals surface area contributed by atoms with Crippen molar-refractivity contribution in [2.75, 3.05) is 0 Å². The molecule has 2 fully saturated rings. The van der Waals surface area contributed by atoms with Gasteiger partial charge < -0.3 is 20.1 Å². The van der Waals surface area contributed by atoms with Crippen LogP contribution in [0.3, 0.4) is 0 Å². The average Bonchev–Trinajstić information content (AvgIpc) is 2.74. The van der Waals surface area contributed by atoms with E-state index in [9.17, 15) is 14.4 Å². The van der Waals surface area contributed by atoms with E-state index >= 15 is 0 Å². The number of hydrogen-bond donors (Lipinski definition) is 2. The first-order chi connectivity index (χ1) is 9.69. The SMILES string of the molecule is CC(C)NC(=O)C1CCC(=C2C(=O)OC(C)(C)OC2=O)N1. The molecule has 1 amide bonds. The zero-order valence-electron chi connectivity index (χ0n) is 12.6. The Kier molecular flexibility index (Phi) is 3.93. The van der Waals surface area contributed by atoms with E-state index in [-0.39, 0.29) is 17.5 Å². The molecule has 2 saturated heterocycles. The van der Waals surface area contributed by atoms with Gasteiger partial charge in [0.2, 0.25) is 5.91 Å². The van der Waals surface area contributed by atoms with Crippen LogP contribution in [0.25, 0.3) is 0 Å². The molecule has 1 atom stereocenters. The number of carbonyl (C=O) groups excluding carboxylic acids is 3. The number of allylic oxidation sites excluding steroid dienone is 1. The molecule has 0 aromatic carbocycles. The van der Waals surface area contributed by atoms with Crippen molar-refractivity contribution in [1.29, 1.82) is 0 Å². The molecule has 2 aliphatic heterocycles. The maximum Gasteiger partial charge on any atom is 0.350 e. The van der Waals surface area contributed by atoms with Crippen LogP contribution in [0, 0.1) is 0 Å². The molecule has 0 saturated carbocycles. The first kappa shape index (κ1) is 15.3. The van der Waals surface area contributed by atoms with Crippen molar-refractivity contribution >= 4 is 17.8 Å². The van der Waals surface area contributed by atoms with Crippen LogP contribution in [0.5, 0.6) is 0 Å². The number of amides is 1. The highest BCUT2D eigenvalue weighted by Crippen LogP contribution is 2.28. The lowest BCUT2D eigenvalue weighted by atomic mass is 10.1. The molecule has 0 bridgehead atoms. The van der Waals surface area contributed by atoms with Crippen molar-refractivity contribution in [3.8, 4) is 0 Å². The number of ether oxygens (including phenoxy) is 2. The predicted octanol–water partition coefficient (Wildman–Crippen LogP) is 0.353. The van der Waals surface area contributed by atoms with Gasteiger partial charge in [-0.25, -0.2) is 9.59 Å². The van der Waals surface area contributed by atoms with Gasteiger partial charge in [0, 0.05) is 25.6 Å². The largest absolute Gasteiger partial charge is 0.419 e. The van der Waals surface area contributed by atoms with Gasteiger partial charge >= 0.3 is 11.9 Å². The Labute approximate surface area is 123 Å². The van der Waals surface area contributed by atoms with Gasteiger partial charge in [0.1, 0.15) is 6.04 Å². The quantitative estimate of drug-likeness (QED) is 0.434. The summed E-state index contributed by atoms with van der Waals surface area (Å²) in [5.74, 6) is -2.85. The van der Waals surface area contributed by atoms with Crippen LogP contribution in [0.2, 0.25) is 0 Å². The standard InChI is InChI=1S/C14H20N2O5/c1-7(2)15-11(17)9-6-5-8(16-9)10-12(18)20-14(3,4)21-13(10)19/h7,9,16H,5-6H2,1-4H3,(H,15,17). The molecular formula is C14H20N2O5. The summed E-state index contributed by atoms with van der Waals surface area (Å²) in [7, 11) is 0. The number of cyclic esters (lactones) is 2. The molecule has 2 aliphatic rings. The van der Waals surface area contributed by atoms with Gasteiger partial charge in [-0.1, -0.05) is 0 Å². The maximum absolute atomic E-state index is 11.9. The summed E-state index contributed by atoms with van der Waals surface area (Å²) >= 11 is 0. The van der Waals surface area contributed by atoms with E-state index in [2.05, 4.69) is 10.6 Å². The summed E-state index contributed by atoms with van der Waals surface area (Å²) in [6, 6.07) is -0.424. The third-order valence-electron chi connectivity index (χ3n) is 3.17. The topological polar surface area (TPSA) is 93.7 Å². The van der Waals surface area contributed by atoms with E-state index in [0.717, 1.165) is 0 Å². The lowest BCUT2D eigenvalue weighted by Crippen LogP contribution is -2.45. The molecule has 0 spiro atoms. The summed E-state index contributed by atoms with van der Waals surface area (Å²) in [6.45, 7) is 6.71. The molecule has 21 heavy (non-hydrogen) atoms. The van der Waals surface area contributed by atoms with Gasteiger partial charge in [-0.15, -0.1) is 0 Å². The third-order valence-corrected chi connectivity index (χ3v) is 3.17. The number of nitrogens with one attached hydrogen (secondary N) is 2. The van der Waals surface area contributed by atoms with Crippen LogP contribution in [0.4, 0.5) is 0 Å². The first-order valence-electron chi connectivity index (χ1n) is 6.96. The monoisotopic (exact) mass is 296 g/mol. The second-order valence-corrected chi connectivity index (χ2v) is 5.93. The fraction of sp³-hybridized carbons (Fsp3) is 0.643. The highest BCUT2D eigenvalue weighted by molar-refractivity contribution is 6.16. The zero-order chi connectivity index (χ0) is 15.8. The summed E-state index contributed by atoms with van der Waals surface area (Å²) in [6.07, 6.45) is 0.942. The molecule has 1 unspecified atom stereocenters. The Morgan fingerprint density at radius 2 is 1.86 bits per heavy atom. The first-order valence-corrected chi connectivity index (χ1v) is 6.96. The minimum Gasteiger partial charge on any atom is -0.419 e. The molecule has 116 valence electrons. The lowest BCUT2D eigenvalue weighted by Gasteiger charge is -2.30. The number of esters is 2. The van der Waals surface area contributed by atoms with Crippen LogP contribution < -0.4 is 10.6 Å². The fourth-order valence-corrected chi connectivity index (χ4v) is 2.32. The molecule has 0 radical (unpaired) electrons. The van der Waals surface area contributed by atoms with Crippen LogP contribution in [-0.2, 0) is 23.9 Å². The minimum atomic E-state index is -1.26. The molecule has 2 rings (SSSR count). The molecule has 0 aromatic heterocycles. The second kappa shape index (κ2) is 5.38. The minimum absolute atomic E-state index is 0.0291. The predicted molar refractivity (Wildman–Crippen MR) is 72.7 cm³/mol. The van der Waals surface area contributed by atoms with Gasteiger partial charge in [-0.3, -0.25) is 4.79 Å². The Morgan fingerprint density at radius 3 is 2.38 bits per heavy atom. The van der Waals surface area contributed by atoms with Crippen molar-refractivity contribution in [3.63, 3.8) is 0 Å². The van der Waals surface area contributed by atoms with Crippen molar-refractivity contribution in [3.05, 3.63) is 11.3 Å². The van der Waals surface area contributed by atoms with Gasteiger partial charge in [-0.05, 0) is 26.7 Å². The summed E-state index contributed by atoms with van der Waals surface area (Å²) < 4.78 is 10.1. The van der Waals surface area contributed by atoms with E-state index < -0.39 is 23.8 Å². The fourth-order valence-electron chi connectivity index (χ4n) is 2.32. The van der Waals surface area contributed by atoms with Crippen LogP contribution >= 0.6 is 0 Å². The van der Waals surface area contributed by atoms with Crippen molar-refractivity contribution in [2.45, 2.75) is 58.4 Å². The van der Waals surface area contributed by atoms with Crippen molar-refractivity contribution < 1.29 is 23.9 Å². The molecule has 2 heterocycles. The van der Waals surface area contributed by atoms with Gasteiger partial charge in [-0.2, -0.15) is 0 Å². The summed E-state index contributed by atoms with van der Waals surface area (Å²) in [5.41, 5.74) is 0.263. The molecule has 0 aromatic rings. The summed E-state index contributed by atoms with van der Waals surface area (Å²) in [5, 5.41) is 5.71. The normalized spacial score (nSPS) is 24.5. The maximum atomic E-state index is 11.9. The molecule has 7 nitrogen and oxygen atoms in total. The van der Waals surface area contributed by atoms with E-state index in [0.29, 0.717) is 18.5 Å². The highest BCUT2D eigenvalue weighted by atomic mass is 16.7. The molecule has 7 heteroatoms. The molecule has 2 N–H and O–H groups in total. The Bertz CT molecular complexity index is 499. The second-order valence-electron chi connectivity index (χ2n) is 5.93. The number of carbonyl (C=O) groups is 3. The number of hydrogen-bond acceptors (Lipinski definition) is 6. The van der Waals surface area contributed by atoms with Crippen LogP contribution in [0.1, 0.15) is 40.5 Å².